The third-order valence-electron chi connectivity index (χ3n) is 3.11. The van der Waals surface area contributed by atoms with E-state index in [1.165, 1.54) is 6.26 Å². The van der Waals surface area contributed by atoms with E-state index in [1.807, 2.05) is 0 Å². The third kappa shape index (κ3) is 1.86. The number of ether oxygens (including phenoxy) is 1. The van der Waals surface area contributed by atoms with E-state index in [9.17, 15) is 14.7 Å². The molecule has 1 aliphatic rings. The zero-order chi connectivity index (χ0) is 13.4. The van der Waals surface area contributed by atoms with Crippen LogP contribution in [0.1, 0.15) is 16.1 Å². The summed E-state index contributed by atoms with van der Waals surface area (Å²) in [5.74, 6) is -0.873. The summed E-state index contributed by atoms with van der Waals surface area (Å²) in [4.78, 5) is 23.6. The van der Waals surface area contributed by atoms with Gasteiger partial charge in [-0.1, -0.05) is 0 Å². The molecular weight excluding hydrogens is 250 g/mol. The van der Waals surface area contributed by atoms with Gasteiger partial charge in [-0.25, -0.2) is 4.79 Å². The number of carboxylic acids is 1. The Bertz CT molecular complexity index is 684. The van der Waals surface area contributed by atoms with Gasteiger partial charge < -0.3 is 18.8 Å². The molecule has 6 nitrogen and oxygen atoms in total. The van der Waals surface area contributed by atoms with Crippen LogP contribution in [-0.2, 0) is 17.9 Å². The SMILES string of the molecule is O=C(O)c1c2n(cc(-c3ccco3)c1=O)CCOC2. The predicted octanol–water partition coefficient (Wildman–Crippen LogP) is 1.34. The van der Waals surface area contributed by atoms with Crippen LogP contribution in [0.4, 0.5) is 0 Å². The lowest BCUT2D eigenvalue weighted by Crippen LogP contribution is -2.29. The highest BCUT2D eigenvalue weighted by molar-refractivity contribution is 5.90. The number of furan rings is 1. The smallest absolute Gasteiger partial charge is 0.341 e. The van der Waals surface area contributed by atoms with E-state index in [-0.39, 0.29) is 17.7 Å². The van der Waals surface area contributed by atoms with Crippen molar-refractivity contribution >= 4 is 5.97 Å². The maximum absolute atomic E-state index is 12.3. The molecule has 1 aliphatic heterocycles. The minimum absolute atomic E-state index is 0.134. The fraction of sp³-hybridized carbons (Fsp3) is 0.231. The number of aromatic carboxylic acids is 1. The van der Waals surface area contributed by atoms with Gasteiger partial charge in [-0.15, -0.1) is 0 Å². The number of carboxylic acid groups (broad SMARTS) is 1. The molecule has 0 saturated heterocycles. The van der Waals surface area contributed by atoms with E-state index in [1.54, 1.807) is 22.9 Å². The van der Waals surface area contributed by atoms with Gasteiger partial charge in [0, 0.05) is 12.7 Å². The molecule has 1 N–H and O–H groups in total. The Morgan fingerprint density at radius 3 is 2.95 bits per heavy atom. The molecule has 2 aromatic heterocycles. The molecule has 0 aliphatic carbocycles. The van der Waals surface area contributed by atoms with Gasteiger partial charge in [-0.2, -0.15) is 0 Å². The second-order valence-electron chi connectivity index (χ2n) is 4.22. The Balaban J connectivity index is 2.31. The fourth-order valence-corrected chi connectivity index (χ4v) is 2.22. The highest BCUT2D eigenvalue weighted by atomic mass is 16.5. The van der Waals surface area contributed by atoms with Crippen LogP contribution in [0.2, 0.25) is 0 Å². The fourth-order valence-electron chi connectivity index (χ4n) is 2.22. The average Bonchev–Trinajstić information content (AvgIpc) is 2.91. The van der Waals surface area contributed by atoms with Crippen LogP contribution in [0.15, 0.2) is 33.8 Å². The van der Waals surface area contributed by atoms with Gasteiger partial charge in [-0.05, 0) is 12.1 Å². The molecule has 0 aromatic carbocycles. The first-order valence-corrected chi connectivity index (χ1v) is 5.79. The third-order valence-corrected chi connectivity index (χ3v) is 3.11. The second kappa shape index (κ2) is 4.40. The summed E-state index contributed by atoms with van der Waals surface area (Å²) in [5, 5.41) is 9.24. The van der Waals surface area contributed by atoms with E-state index < -0.39 is 11.4 Å². The van der Waals surface area contributed by atoms with Gasteiger partial charge in [-0.3, -0.25) is 4.79 Å². The van der Waals surface area contributed by atoms with Gasteiger partial charge in [0.25, 0.3) is 0 Å². The van der Waals surface area contributed by atoms with E-state index in [0.29, 0.717) is 24.6 Å². The van der Waals surface area contributed by atoms with Crippen molar-refractivity contribution < 1.29 is 19.1 Å². The van der Waals surface area contributed by atoms with Crippen LogP contribution in [0.3, 0.4) is 0 Å². The van der Waals surface area contributed by atoms with Crippen molar-refractivity contribution in [3.63, 3.8) is 0 Å². The number of pyridine rings is 1. The Morgan fingerprint density at radius 2 is 2.26 bits per heavy atom. The minimum Gasteiger partial charge on any atom is -0.477 e. The lowest BCUT2D eigenvalue weighted by atomic mass is 10.1. The molecule has 0 spiro atoms. The molecule has 0 bridgehead atoms. The van der Waals surface area contributed by atoms with Crippen molar-refractivity contribution in [2.45, 2.75) is 13.2 Å². The van der Waals surface area contributed by atoms with Crippen molar-refractivity contribution in [2.75, 3.05) is 6.61 Å². The van der Waals surface area contributed by atoms with E-state index in [0.717, 1.165) is 0 Å². The number of aromatic nitrogens is 1. The first-order valence-electron chi connectivity index (χ1n) is 5.79. The van der Waals surface area contributed by atoms with E-state index in [4.69, 9.17) is 9.15 Å². The molecule has 3 rings (SSSR count). The zero-order valence-electron chi connectivity index (χ0n) is 9.96. The summed E-state index contributed by atoms with van der Waals surface area (Å²) in [6, 6.07) is 3.29. The molecule has 0 atom stereocenters. The number of carbonyl (C=O) groups is 1. The molecule has 0 radical (unpaired) electrons. The maximum atomic E-state index is 12.3. The molecular formula is C13H11NO5. The van der Waals surface area contributed by atoms with Crippen molar-refractivity contribution in [3.8, 4) is 11.3 Å². The summed E-state index contributed by atoms with van der Waals surface area (Å²) in [6.45, 7) is 1.14. The molecule has 19 heavy (non-hydrogen) atoms. The van der Waals surface area contributed by atoms with Crippen LogP contribution < -0.4 is 5.43 Å². The van der Waals surface area contributed by atoms with Gasteiger partial charge >= 0.3 is 5.97 Å². The standard InChI is InChI=1S/C13H11NO5/c15-12-8(10-2-1-4-19-10)6-14-3-5-18-7-9(14)11(12)13(16)17/h1-2,4,6H,3,5,7H2,(H,16,17). The first kappa shape index (κ1) is 11.7. The molecule has 3 heterocycles. The Labute approximate surface area is 107 Å². The second-order valence-corrected chi connectivity index (χ2v) is 4.22. The molecule has 0 unspecified atom stereocenters. The zero-order valence-corrected chi connectivity index (χ0v) is 9.96. The Kier molecular flexibility index (Phi) is 2.72. The summed E-state index contributed by atoms with van der Waals surface area (Å²) in [6.07, 6.45) is 3.08. The molecule has 98 valence electrons. The predicted molar refractivity (Wildman–Crippen MR) is 65.0 cm³/mol. The molecule has 2 aromatic rings. The Hall–Kier alpha value is -2.34. The van der Waals surface area contributed by atoms with Gasteiger partial charge in [0.2, 0.25) is 5.43 Å². The number of nitrogens with zero attached hydrogens (tertiary/aromatic N) is 1. The molecule has 0 fully saturated rings. The van der Waals surface area contributed by atoms with Crippen molar-refractivity contribution in [2.24, 2.45) is 0 Å². The van der Waals surface area contributed by atoms with Crippen LogP contribution >= 0.6 is 0 Å². The number of rotatable bonds is 2. The summed E-state index contributed by atoms with van der Waals surface area (Å²) >= 11 is 0. The largest absolute Gasteiger partial charge is 0.477 e. The summed E-state index contributed by atoms with van der Waals surface area (Å²) in [7, 11) is 0. The molecule has 0 amide bonds. The van der Waals surface area contributed by atoms with Gasteiger partial charge in [0.1, 0.15) is 11.3 Å². The quantitative estimate of drug-likeness (QED) is 0.882. The summed E-state index contributed by atoms with van der Waals surface area (Å²) in [5.41, 5.74) is -0.125. The number of fused-ring (bicyclic) bond motifs is 1. The van der Waals surface area contributed by atoms with Crippen molar-refractivity contribution in [1.82, 2.24) is 4.57 Å². The monoisotopic (exact) mass is 261 g/mol. The minimum atomic E-state index is -1.24. The normalized spacial score (nSPS) is 14.1. The van der Waals surface area contributed by atoms with E-state index in [2.05, 4.69) is 0 Å². The van der Waals surface area contributed by atoms with Gasteiger partial charge in [0.15, 0.2) is 0 Å². The molecule has 0 saturated carbocycles. The highest BCUT2D eigenvalue weighted by Gasteiger charge is 2.24. The van der Waals surface area contributed by atoms with Crippen LogP contribution in [0.25, 0.3) is 11.3 Å². The number of hydrogen-bond donors (Lipinski definition) is 1. The molecule has 6 heteroatoms. The van der Waals surface area contributed by atoms with Crippen molar-refractivity contribution in [3.05, 3.63) is 46.1 Å². The lowest BCUT2D eigenvalue weighted by Gasteiger charge is -2.21. The van der Waals surface area contributed by atoms with Crippen LogP contribution in [0, 0.1) is 0 Å². The van der Waals surface area contributed by atoms with Crippen molar-refractivity contribution in [1.29, 1.82) is 0 Å². The highest BCUT2D eigenvalue weighted by Crippen LogP contribution is 2.20. The van der Waals surface area contributed by atoms with Crippen LogP contribution in [-0.4, -0.2) is 22.2 Å². The van der Waals surface area contributed by atoms with E-state index >= 15 is 0 Å². The van der Waals surface area contributed by atoms with Crippen LogP contribution in [0.5, 0.6) is 0 Å². The lowest BCUT2D eigenvalue weighted by molar-refractivity contribution is 0.0649. The topological polar surface area (TPSA) is 81.7 Å². The average molecular weight is 261 g/mol. The Morgan fingerprint density at radius 1 is 1.42 bits per heavy atom. The first-order chi connectivity index (χ1) is 9.18. The number of hydrogen-bond acceptors (Lipinski definition) is 4. The maximum Gasteiger partial charge on any atom is 0.341 e. The van der Waals surface area contributed by atoms with Gasteiger partial charge in [0.05, 0.1) is 30.7 Å². The summed E-state index contributed by atoms with van der Waals surface area (Å²) < 4.78 is 12.2.